The third kappa shape index (κ3) is 7.76. The number of methoxy groups -OCH3 is 2. The normalized spacial score (nSPS) is 19.3. The van der Waals surface area contributed by atoms with E-state index >= 15 is 0 Å². The van der Waals surface area contributed by atoms with Crippen LogP contribution in [0.25, 0.3) is 0 Å². The van der Waals surface area contributed by atoms with E-state index in [-0.39, 0.29) is 35.6 Å². The number of amides is 2. The minimum Gasteiger partial charge on any atom is -0.493 e. The summed E-state index contributed by atoms with van der Waals surface area (Å²) in [6.45, 7) is 8.03. The molecule has 8 nitrogen and oxygen atoms in total. The number of nitrogens with zero attached hydrogens (tertiary/aromatic N) is 1. The molecule has 2 amide bonds. The van der Waals surface area contributed by atoms with E-state index < -0.39 is 0 Å². The Morgan fingerprint density at radius 2 is 1.75 bits per heavy atom. The summed E-state index contributed by atoms with van der Waals surface area (Å²) in [7, 11) is 3.26. The first-order chi connectivity index (χ1) is 19.4. The van der Waals surface area contributed by atoms with Gasteiger partial charge < -0.3 is 29.7 Å². The molecule has 1 saturated carbocycles. The van der Waals surface area contributed by atoms with E-state index in [1.54, 1.807) is 32.4 Å². The quantitative estimate of drug-likeness (QED) is 0.324. The molecule has 0 spiro atoms. The highest BCUT2D eigenvalue weighted by atomic mass is 16.5. The average Bonchev–Trinajstić information content (AvgIpc) is 3.69. The van der Waals surface area contributed by atoms with Crippen molar-refractivity contribution in [3.8, 4) is 11.5 Å². The lowest BCUT2D eigenvalue weighted by Crippen LogP contribution is -2.44. The van der Waals surface area contributed by atoms with E-state index in [9.17, 15) is 9.59 Å². The van der Waals surface area contributed by atoms with Gasteiger partial charge in [-0.05, 0) is 68.2 Å². The van der Waals surface area contributed by atoms with Gasteiger partial charge in [-0.2, -0.15) is 0 Å². The molecule has 0 aromatic heterocycles. The van der Waals surface area contributed by atoms with Gasteiger partial charge in [0.2, 0.25) is 5.91 Å². The Labute approximate surface area is 238 Å². The summed E-state index contributed by atoms with van der Waals surface area (Å²) in [5.41, 5.74) is 1.67. The van der Waals surface area contributed by atoms with E-state index in [4.69, 9.17) is 14.2 Å². The lowest BCUT2D eigenvalue weighted by atomic mass is 9.91. The minimum absolute atomic E-state index is 0.0221. The molecule has 40 heavy (non-hydrogen) atoms. The van der Waals surface area contributed by atoms with Crippen molar-refractivity contribution in [2.24, 2.45) is 17.8 Å². The number of ether oxygens (including phenoxy) is 3. The molecule has 1 saturated heterocycles. The Balaban J connectivity index is 1.39. The molecule has 2 N–H and O–H groups in total. The van der Waals surface area contributed by atoms with Gasteiger partial charge in [-0.3, -0.25) is 9.59 Å². The number of hydrogen-bond donors (Lipinski definition) is 2. The van der Waals surface area contributed by atoms with E-state index in [0.717, 1.165) is 37.9 Å². The maximum Gasteiger partial charge on any atom is 0.254 e. The SMILES string of the molecule is COCCCOc1cc(C(=O)N(C[C@@H]2CNC[C@H]2CNC(=O)C(c2ccccc2)C2CC2)C(C)C)ccc1OC. The maximum atomic E-state index is 13.7. The minimum atomic E-state index is -0.0799. The molecule has 2 fully saturated rings. The number of carbonyl (C=O) groups is 2. The van der Waals surface area contributed by atoms with Crippen LogP contribution >= 0.6 is 0 Å². The lowest BCUT2D eigenvalue weighted by molar-refractivity contribution is -0.123. The van der Waals surface area contributed by atoms with Crippen LogP contribution in [0.4, 0.5) is 0 Å². The Kier molecular flexibility index (Phi) is 10.8. The number of benzene rings is 2. The Morgan fingerprint density at radius 3 is 2.42 bits per heavy atom. The Morgan fingerprint density at radius 1 is 1.00 bits per heavy atom. The first kappa shape index (κ1) is 29.9. The van der Waals surface area contributed by atoms with Gasteiger partial charge in [-0.25, -0.2) is 0 Å². The highest BCUT2D eigenvalue weighted by Crippen LogP contribution is 2.42. The molecular formula is C32H45N3O5. The molecule has 1 heterocycles. The van der Waals surface area contributed by atoms with E-state index in [1.165, 1.54) is 0 Å². The molecule has 2 aromatic rings. The van der Waals surface area contributed by atoms with Crippen molar-refractivity contribution < 1.29 is 23.8 Å². The molecular weight excluding hydrogens is 506 g/mol. The van der Waals surface area contributed by atoms with Crippen molar-refractivity contribution in [2.75, 3.05) is 53.6 Å². The van der Waals surface area contributed by atoms with Gasteiger partial charge in [0.25, 0.3) is 5.91 Å². The summed E-state index contributed by atoms with van der Waals surface area (Å²) in [5, 5.41) is 6.75. The van der Waals surface area contributed by atoms with Gasteiger partial charge in [-0.15, -0.1) is 0 Å². The van der Waals surface area contributed by atoms with Crippen LogP contribution in [0.5, 0.6) is 11.5 Å². The monoisotopic (exact) mass is 551 g/mol. The summed E-state index contributed by atoms with van der Waals surface area (Å²) in [5.74, 6) is 2.09. The summed E-state index contributed by atoms with van der Waals surface area (Å²) >= 11 is 0. The molecule has 4 rings (SSSR count). The second kappa shape index (κ2) is 14.5. The maximum absolute atomic E-state index is 13.7. The molecule has 8 heteroatoms. The van der Waals surface area contributed by atoms with Crippen LogP contribution in [0.3, 0.4) is 0 Å². The predicted molar refractivity (Wildman–Crippen MR) is 156 cm³/mol. The molecule has 3 atom stereocenters. The van der Waals surface area contributed by atoms with Gasteiger partial charge in [0.1, 0.15) is 0 Å². The van der Waals surface area contributed by atoms with E-state index in [0.29, 0.717) is 49.3 Å². The van der Waals surface area contributed by atoms with E-state index in [1.807, 2.05) is 36.9 Å². The number of carbonyl (C=O) groups excluding carboxylic acids is 2. The molecule has 1 unspecified atom stereocenters. The fourth-order valence-corrected chi connectivity index (χ4v) is 5.56. The highest BCUT2D eigenvalue weighted by Gasteiger charge is 2.38. The van der Waals surface area contributed by atoms with Gasteiger partial charge in [0.15, 0.2) is 11.5 Å². The second-order valence-electron chi connectivity index (χ2n) is 11.3. The molecule has 1 aliphatic heterocycles. The summed E-state index contributed by atoms with van der Waals surface area (Å²) in [6.07, 6.45) is 2.96. The number of nitrogens with one attached hydrogen (secondary N) is 2. The van der Waals surface area contributed by atoms with Crippen LogP contribution < -0.4 is 20.1 Å². The van der Waals surface area contributed by atoms with E-state index in [2.05, 4.69) is 22.8 Å². The standard InChI is InChI=1S/C32H45N3O5/c1-22(2)35(32(37)25-13-14-28(39-4)29(17-25)40-16-8-15-38-3)21-27-19-33-18-26(27)20-34-31(36)30(24-11-12-24)23-9-6-5-7-10-23/h5-7,9-10,13-14,17,22,24,26-27,30,33H,8,11-12,15-16,18-21H2,1-4H3,(H,34,36)/t26-,27-,30?/m0/s1. The molecule has 0 radical (unpaired) electrons. The number of rotatable bonds is 15. The van der Waals surface area contributed by atoms with Crippen molar-refractivity contribution in [1.82, 2.24) is 15.5 Å². The smallest absolute Gasteiger partial charge is 0.254 e. The van der Waals surface area contributed by atoms with Crippen LogP contribution in [0.1, 0.15) is 54.9 Å². The zero-order chi connectivity index (χ0) is 28.5. The molecule has 218 valence electrons. The Hall–Kier alpha value is -3.10. The first-order valence-corrected chi connectivity index (χ1v) is 14.6. The summed E-state index contributed by atoms with van der Waals surface area (Å²) in [4.78, 5) is 28.9. The third-order valence-electron chi connectivity index (χ3n) is 8.03. The third-order valence-corrected chi connectivity index (χ3v) is 8.03. The number of hydrogen-bond acceptors (Lipinski definition) is 6. The van der Waals surface area contributed by atoms with Gasteiger partial charge in [0, 0.05) is 57.9 Å². The topological polar surface area (TPSA) is 89.1 Å². The predicted octanol–water partition coefficient (Wildman–Crippen LogP) is 4.11. The van der Waals surface area contributed by atoms with Crippen LogP contribution in [-0.2, 0) is 9.53 Å². The van der Waals surface area contributed by atoms with Gasteiger partial charge in [-0.1, -0.05) is 30.3 Å². The lowest BCUT2D eigenvalue weighted by Gasteiger charge is -2.32. The van der Waals surface area contributed by atoms with Crippen LogP contribution in [0.2, 0.25) is 0 Å². The van der Waals surface area contributed by atoms with Gasteiger partial charge in [0.05, 0.1) is 19.6 Å². The fourth-order valence-electron chi connectivity index (χ4n) is 5.56. The molecule has 2 aliphatic rings. The average molecular weight is 552 g/mol. The zero-order valence-electron chi connectivity index (χ0n) is 24.4. The Bertz CT molecular complexity index is 1100. The van der Waals surface area contributed by atoms with Crippen molar-refractivity contribution in [1.29, 1.82) is 0 Å². The molecule has 2 aromatic carbocycles. The van der Waals surface area contributed by atoms with Crippen molar-refractivity contribution in [3.05, 3.63) is 59.7 Å². The van der Waals surface area contributed by atoms with Gasteiger partial charge >= 0.3 is 0 Å². The van der Waals surface area contributed by atoms with Crippen LogP contribution in [0, 0.1) is 17.8 Å². The largest absolute Gasteiger partial charge is 0.493 e. The van der Waals surface area contributed by atoms with Crippen LogP contribution in [0.15, 0.2) is 48.5 Å². The van der Waals surface area contributed by atoms with Crippen LogP contribution in [-0.4, -0.2) is 76.4 Å². The summed E-state index contributed by atoms with van der Waals surface area (Å²) in [6, 6.07) is 15.5. The first-order valence-electron chi connectivity index (χ1n) is 14.6. The molecule has 0 bridgehead atoms. The van der Waals surface area contributed by atoms with Crippen molar-refractivity contribution in [3.63, 3.8) is 0 Å². The molecule has 1 aliphatic carbocycles. The highest BCUT2D eigenvalue weighted by molar-refractivity contribution is 5.95. The zero-order valence-corrected chi connectivity index (χ0v) is 24.4. The second-order valence-corrected chi connectivity index (χ2v) is 11.3. The van der Waals surface area contributed by atoms with Crippen molar-refractivity contribution >= 4 is 11.8 Å². The fraction of sp³-hybridized carbons (Fsp3) is 0.562. The van der Waals surface area contributed by atoms with Crippen molar-refractivity contribution in [2.45, 2.75) is 45.1 Å². The summed E-state index contributed by atoms with van der Waals surface area (Å²) < 4.78 is 16.5.